The van der Waals surface area contributed by atoms with Crippen LogP contribution in [0.1, 0.15) is 39.6 Å². The standard InChI is InChI=1S/C12H14N4O3S/c1-19-6-8-10(11(17)18)14-15-16(8)12-13-7-4-2-3-5-9(7)20-12/h2-6H2,1H3,(H,17,18). The largest absolute Gasteiger partial charge is 0.476 e. The predicted octanol–water partition coefficient (Wildman–Crippen LogP) is 1.45. The van der Waals surface area contributed by atoms with Crippen LogP contribution >= 0.6 is 11.3 Å². The highest BCUT2D eigenvalue weighted by Crippen LogP contribution is 2.29. The van der Waals surface area contributed by atoms with Gasteiger partial charge in [-0.2, -0.15) is 4.68 Å². The minimum atomic E-state index is -1.11. The predicted molar refractivity (Wildman–Crippen MR) is 71.3 cm³/mol. The van der Waals surface area contributed by atoms with Crippen LogP contribution in [0.25, 0.3) is 5.13 Å². The smallest absolute Gasteiger partial charge is 0.358 e. The van der Waals surface area contributed by atoms with Crippen molar-refractivity contribution in [1.29, 1.82) is 0 Å². The van der Waals surface area contributed by atoms with E-state index in [2.05, 4.69) is 15.3 Å². The SMILES string of the molecule is COCc1c(C(=O)O)nnn1-c1nc2c(s1)CCCC2. The summed E-state index contributed by atoms with van der Waals surface area (Å²) in [5, 5.41) is 17.4. The summed E-state index contributed by atoms with van der Waals surface area (Å²) in [5.41, 5.74) is 1.44. The molecule has 0 atom stereocenters. The number of rotatable bonds is 4. The van der Waals surface area contributed by atoms with Crippen LogP contribution in [0.3, 0.4) is 0 Å². The molecule has 0 saturated heterocycles. The van der Waals surface area contributed by atoms with Crippen molar-refractivity contribution in [2.75, 3.05) is 7.11 Å². The lowest BCUT2D eigenvalue weighted by Gasteiger charge is -2.06. The van der Waals surface area contributed by atoms with Crippen LogP contribution in [0.15, 0.2) is 0 Å². The molecule has 106 valence electrons. The highest BCUT2D eigenvalue weighted by Gasteiger charge is 2.23. The van der Waals surface area contributed by atoms with Crippen molar-refractivity contribution < 1.29 is 14.6 Å². The Balaban J connectivity index is 2.05. The maximum atomic E-state index is 11.1. The Morgan fingerprint density at radius 1 is 1.45 bits per heavy atom. The normalized spacial score (nSPS) is 14.2. The average Bonchev–Trinajstić information content (AvgIpc) is 3.01. The first-order valence-electron chi connectivity index (χ1n) is 6.36. The van der Waals surface area contributed by atoms with Gasteiger partial charge in [-0.1, -0.05) is 16.6 Å². The van der Waals surface area contributed by atoms with Crippen LogP contribution in [0, 0.1) is 0 Å². The molecule has 1 N–H and O–H groups in total. The number of hydrogen-bond donors (Lipinski definition) is 1. The zero-order valence-corrected chi connectivity index (χ0v) is 11.8. The van der Waals surface area contributed by atoms with Crippen molar-refractivity contribution in [3.63, 3.8) is 0 Å². The van der Waals surface area contributed by atoms with E-state index in [1.165, 1.54) is 23.1 Å². The van der Waals surface area contributed by atoms with E-state index < -0.39 is 5.97 Å². The maximum Gasteiger partial charge on any atom is 0.358 e. The van der Waals surface area contributed by atoms with E-state index in [0.29, 0.717) is 10.8 Å². The van der Waals surface area contributed by atoms with Gasteiger partial charge in [-0.3, -0.25) is 0 Å². The number of hydrogen-bond acceptors (Lipinski definition) is 6. The number of ether oxygens (including phenoxy) is 1. The van der Waals surface area contributed by atoms with Gasteiger partial charge in [0, 0.05) is 12.0 Å². The van der Waals surface area contributed by atoms with Crippen LogP contribution in [-0.2, 0) is 24.2 Å². The number of aromatic nitrogens is 4. The average molecular weight is 294 g/mol. The van der Waals surface area contributed by atoms with Gasteiger partial charge in [-0.25, -0.2) is 9.78 Å². The first kappa shape index (κ1) is 13.2. The Morgan fingerprint density at radius 2 is 2.25 bits per heavy atom. The first-order chi connectivity index (χ1) is 9.70. The molecule has 8 heteroatoms. The number of nitrogens with zero attached hydrogens (tertiary/aromatic N) is 4. The molecule has 7 nitrogen and oxygen atoms in total. The number of aromatic carboxylic acids is 1. The number of fused-ring (bicyclic) bond motifs is 1. The van der Waals surface area contributed by atoms with Crippen LogP contribution in [0.5, 0.6) is 0 Å². The number of thiazole rings is 1. The molecule has 0 amide bonds. The van der Waals surface area contributed by atoms with Crippen molar-refractivity contribution >= 4 is 17.3 Å². The van der Waals surface area contributed by atoms with Crippen molar-refractivity contribution in [2.45, 2.75) is 32.3 Å². The molecule has 2 aromatic rings. The Kier molecular flexibility index (Phi) is 3.49. The Bertz CT molecular complexity index is 626. The summed E-state index contributed by atoms with van der Waals surface area (Å²) in [4.78, 5) is 17.0. The van der Waals surface area contributed by atoms with E-state index in [1.807, 2.05) is 0 Å². The van der Waals surface area contributed by atoms with Crippen LogP contribution in [0.2, 0.25) is 0 Å². The molecule has 20 heavy (non-hydrogen) atoms. The van der Waals surface area contributed by atoms with Gasteiger partial charge in [-0.05, 0) is 25.7 Å². The van der Waals surface area contributed by atoms with Crippen molar-refractivity contribution in [2.24, 2.45) is 0 Å². The molecule has 0 aliphatic heterocycles. The second-order valence-electron chi connectivity index (χ2n) is 4.61. The van der Waals surface area contributed by atoms with Gasteiger partial charge in [0.1, 0.15) is 5.69 Å². The molecular formula is C12H14N4O3S. The van der Waals surface area contributed by atoms with Gasteiger partial charge in [0.15, 0.2) is 5.69 Å². The molecule has 0 spiro atoms. The van der Waals surface area contributed by atoms with E-state index in [4.69, 9.17) is 9.84 Å². The van der Waals surface area contributed by atoms with Gasteiger partial charge in [0.25, 0.3) is 0 Å². The molecule has 0 saturated carbocycles. The molecule has 0 aromatic carbocycles. The lowest BCUT2D eigenvalue weighted by atomic mass is 10.0. The molecule has 0 unspecified atom stereocenters. The van der Waals surface area contributed by atoms with Crippen LogP contribution in [0.4, 0.5) is 0 Å². The highest BCUT2D eigenvalue weighted by molar-refractivity contribution is 7.14. The van der Waals surface area contributed by atoms with Gasteiger partial charge in [0.2, 0.25) is 5.13 Å². The van der Waals surface area contributed by atoms with Crippen LogP contribution in [-0.4, -0.2) is 38.2 Å². The highest BCUT2D eigenvalue weighted by atomic mass is 32.1. The zero-order valence-electron chi connectivity index (χ0n) is 11.0. The van der Waals surface area contributed by atoms with Crippen molar-refractivity contribution in [3.8, 4) is 5.13 Å². The minimum Gasteiger partial charge on any atom is -0.476 e. The fourth-order valence-corrected chi connectivity index (χ4v) is 3.44. The second kappa shape index (κ2) is 5.29. The Labute approximate surface area is 119 Å². The third-order valence-corrected chi connectivity index (χ3v) is 4.40. The molecule has 2 aromatic heterocycles. The maximum absolute atomic E-state index is 11.1. The van der Waals surface area contributed by atoms with E-state index in [9.17, 15) is 4.79 Å². The number of carbonyl (C=O) groups is 1. The lowest BCUT2D eigenvalue weighted by Crippen LogP contribution is -2.08. The molecule has 1 aliphatic carbocycles. The van der Waals surface area contributed by atoms with E-state index in [0.717, 1.165) is 25.0 Å². The Hall–Kier alpha value is -1.80. The minimum absolute atomic E-state index is 0.0833. The quantitative estimate of drug-likeness (QED) is 0.917. The van der Waals surface area contributed by atoms with E-state index >= 15 is 0 Å². The summed E-state index contributed by atoms with van der Waals surface area (Å²) in [5.74, 6) is -1.11. The van der Waals surface area contributed by atoms with Gasteiger partial charge in [-0.15, -0.1) is 5.10 Å². The van der Waals surface area contributed by atoms with Crippen molar-refractivity contribution in [1.82, 2.24) is 20.0 Å². The Morgan fingerprint density at radius 3 is 2.95 bits per heavy atom. The van der Waals surface area contributed by atoms with E-state index in [-0.39, 0.29) is 12.3 Å². The molecule has 0 fully saturated rings. The molecule has 0 bridgehead atoms. The summed E-state index contributed by atoms with van der Waals surface area (Å²) >= 11 is 1.55. The van der Waals surface area contributed by atoms with Gasteiger partial charge < -0.3 is 9.84 Å². The summed E-state index contributed by atoms with van der Waals surface area (Å²) in [6, 6.07) is 0. The fourth-order valence-electron chi connectivity index (χ4n) is 2.32. The van der Waals surface area contributed by atoms with Gasteiger partial charge >= 0.3 is 5.97 Å². The second-order valence-corrected chi connectivity index (χ2v) is 5.67. The molecule has 0 radical (unpaired) electrons. The number of methoxy groups -OCH3 is 1. The third kappa shape index (κ3) is 2.20. The number of aryl methyl sites for hydroxylation is 2. The van der Waals surface area contributed by atoms with Crippen molar-refractivity contribution in [3.05, 3.63) is 22.0 Å². The third-order valence-electron chi connectivity index (χ3n) is 3.26. The first-order valence-corrected chi connectivity index (χ1v) is 7.18. The molecule has 3 rings (SSSR count). The molecule has 1 aliphatic rings. The summed E-state index contributed by atoms with van der Waals surface area (Å²) in [7, 11) is 1.51. The molecule has 2 heterocycles. The van der Waals surface area contributed by atoms with Gasteiger partial charge in [0.05, 0.1) is 12.3 Å². The fraction of sp³-hybridized carbons (Fsp3) is 0.500. The zero-order chi connectivity index (χ0) is 14.1. The monoisotopic (exact) mass is 294 g/mol. The lowest BCUT2D eigenvalue weighted by molar-refractivity contribution is 0.0685. The van der Waals surface area contributed by atoms with E-state index in [1.54, 1.807) is 11.3 Å². The summed E-state index contributed by atoms with van der Waals surface area (Å²) < 4.78 is 6.54. The summed E-state index contributed by atoms with van der Waals surface area (Å²) in [6.07, 6.45) is 4.34. The van der Waals surface area contributed by atoms with Crippen LogP contribution < -0.4 is 0 Å². The topological polar surface area (TPSA) is 90.1 Å². The number of carboxylic acids is 1. The summed E-state index contributed by atoms with van der Waals surface area (Å²) in [6.45, 7) is 0.138. The number of carboxylic acid groups (broad SMARTS) is 1. The molecular weight excluding hydrogens is 280 g/mol.